The quantitative estimate of drug-likeness (QED) is 0.640. The van der Waals surface area contributed by atoms with Crippen LogP contribution in [0.4, 0.5) is 13.2 Å². The van der Waals surface area contributed by atoms with Crippen molar-refractivity contribution in [1.82, 2.24) is 14.9 Å². The summed E-state index contributed by atoms with van der Waals surface area (Å²) in [6.07, 6.45) is -2.02. The molecule has 0 atom stereocenters. The monoisotopic (exact) mass is 417 g/mol. The average Bonchev–Trinajstić information content (AvgIpc) is 2.93. The lowest BCUT2D eigenvalue weighted by molar-refractivity contribution is -0.274. The van der Waals surface area contributed by atoms with E-state index in [1.165, 1.54) is 42.7 Å². The number of hydrogen-bond acceptors (Lipinski definition) is 5. The van der Waals surface area contributed by atoms with Gasteiger partial charge in [-0.15, -0.1) is 13.2 Å². The van der Waals surface area contributed by atoms with Gasteiger partial charge in [0.2, 0.25) is 0 Å². The minimum atomic E-state index is -4.79. The second-order valence-corrected chi connectivity index (χ2v) is 6.27. The molecular weight excluding hydrogens is 399 g/mol. The average molecular weight is 417 g/mol. The molecule has 9 heteroatoms. The molecule has 30 heavy (non-hydrogen) atoms. The first-order valence-electron chi connectivity index (χ1n) is 9.88. The molecule has 1 aromatic heterocycles. The highest BCUT2D eigenvalue weighted by Crippen LogP contribution is 2.31. The zero-order valence-electron chi connectivity index (χ0n) is 17.4. The highest BCUT2D eigenvalue weighted by Gasteiger charge is 2.31. The number of halogens is 3. The highest BCUT2D eigenvalue weighted by molar-refractivity contribution is 5.98. The summed E-state index contributed by atoms with van der Waals surface area (Å²) in [6.45, 7) is -2.25. The lowest BCUT2D eigenvalue weighted by Gasteiger charge is -2.19. The molecule has 0 radical (unpaired) electrons. The number of amides is 1. The van der Waals surface area contributed by atoms with Crippen molar-refractivity contribution in [3.63, 3.8) is 0 Å². The van der Waals surface area contributed by atoms with Gasteiger partial charge in [0.1, 0.15) is 23.9 Å². The van der Waals surface area contributed by atoms with Gasteiger partial charge in [-0.05, 0) is 41.5 Å². The second-order valence-electron chi connectivity index (χ2n) is 6.27. The first-order chi connectivity index (χ1) is 15.1. The molecule has 0 spiro atoms. The molecule has 6 nitrogen and oxygen atoms in total. The van der Waals surface area contributed by atoms with Crippen LogP contribution < -0.4 is 9.47 Å². The Labute approximate surface area is 172 Å². The number of fused-ring (bicyclic) bond motifs is 1. The van der Waals surface area contributed by atoms with Crippen LogP contribution in [0.2, 0.25) is 0 Å². The third-order valence-corrected chi connectivity index (χ3v) is 4.25. The van der Waals surface area contributed by atoms with Gasteiger partial charge in [0.25, 0.3) is 5.91 Å². The molecule has 1 amide bonds. The number of alkyl halides is 3. The predicted octanol–water partition coefficient (Wildman–Crippen LogP) is 4.08. The van der Waals surface area contributed by atoms with E-state index in [0.29, 0.717) is 11.1 Å². The van der Waals surface area contributed by atoms with Crippen LogP contribution in [-0.2, 0) is 6.50 Å². The SMILES string of the molecule is [2H]C([2H])(c1ncccn1)N1CCOc2ccc(-c3ccc(OC(F)(F)F)cc3)cc2C1=O. The van der Waals surface area contributed by atoms with Gasteiger partial charge in [-0.3, -0.25) is 4.79 Å². The van der Waals surface area contributed by atoms with Gasteiger partial charge in [0.15, 0.2) is 0 Å². The number of nitrogens with zero attached hydrogens (tertiary/aromatic N) is 3. The van der Waals surface area contributed by atoms with Crippen molar-refractivity contribution < 1.29 is 30.2 Å². The second kappa shape index (κ2) is 8.02. The van der Waals surface area contributed by atoms with E-state index in [9.17, 15) is 18.0 Å². The lowest BCUT2D eigenvalue weighted by atomic mass is 10.0. The molecule has 4 rings (SSSR count). The Balaban J connectivity index is 1.66. The maximum absolute atomic E-state index is 13.3. The molecule has 0 bridgehead atoms. The first-order valence-corrected chi connectivity index (χ1v) is 8.88. The van der Waals surface area contributed by atoms with E-state index in [1.807, 2.05) is 0 Å². The zero-order chi connectivity index (χ0) is 22.9. The minimum Gasteiger partial charge on any atom is -0.491 e. The highest BCUT2D eigenvalue weighted by atomic mass is 19.4. The van der Waals surface area contributed by atoms with Gasteiger partial charge < -0.3 is 14.4 Å². The van der Waals surface area contributed by atoms with E-state index in [0.717, 1.165) is 4.90 Å². The Hall–Kier alpha value is -3.62. The fourth-order valence-corrected chi connectivity index (χ4v) is 2.93. The van der Waals surface area contributed by atoms with E-state index in [1.54, 1.807) is 18.2 Å². The zero-order valence-corrected chi connectivity index (χ0v) is 15.4. The number of rotatable bonds is 4. The van der Waals surface area contributed by atoms with Gasteiger partial charge in [-0.1, -0.05) is 18.2 Å². The number of hydrogen-bond donors (Lipinski definition) is 0. The van der Waals surface area contributed by atoms with E-state index in [2.05, 4.69) is 14.7 Å². The lowest BCUT2D eigenvalue weighted by Crippen LogP contribution is -2.32. The molecule has 2 aromatic carbocycles. The van der Waals surface area contributed by atoms with Crippen LogP contribution in [0.3, 0.4) is 0 Å². The number of benzene rings is 2. The summed E-state index contributed by atoms with van der Waals surface area (Å²) >= 11 is 0. The Bertz CT molecular complexity index is 1130. The number of carbonyl (C=O) groups excluding carboxylic acids is 1. The van der Waals surface area contributed by atoms with E-state index in [-0.39, 0.29) is 36.0 Å². The van der Waals surface area contributed by atoms with Gasteiger partial charge in [0, 0.05) is 12.4 Å². The first kappa shape index (κ1) is 17.3. The van der Waals surface area contributed by atoms with Gasteiger partial charge in [0.05, 0.1) is 21.3 Å². The summed E-state index contributed by atoms with van der Waals surface area (Å²) < 4.78 is 63.5. The molecule has 3 aromatic rings. The smallest absolute Gasteiger partial charge is 0.491 e. The van der Waals surface area contributed by atoms with Crippen molar-refractivity contribution in [3.8, 4) is 22.6 Å². The topological polar surface area (TPSA) is 64.6 Å². The Kier molecular flexibility index (Phi) is 4.61. The molecule has 154 valence electrons. The number of carbonyl (C=O) groups is 1. The summed E-state index contributed by atoms with van der Waals surface area (Å²) in [4.78, 5) is 22.1. The summed E-state index contributed by atoms with van der Waals surface area (Å²) in [7, 11) is 0. The predicted molar refractivity (Wildman–Crippen MR) is 101 cm³/mol. The molecule has 1 aliphatic heterocycles. The van der Waals surface area contributed by atoms with Crippen molar-refractivity contribution in [3.05, 3.63) is 72.3 Å². The van der Waals surface area contributed by atoms with Crippen LogP contribution in [-0.4, -0.2) is 40.3 Å². The molecule has 2 heterocycles. The van der Waals surface area contributed by atoms with Crippen LogP contribution in [0, 0.1) is 0 Å². The molecule has 0 unspecified atom stereocenters. The third-order valence-electron chi connectivity index (χ3n) is 4.25. The third kappa shape index (κ3) is 4.51. The molecule has 0 fully saturated rings. The summed E-state index contributed by atoms with van der Waals surface area (Å²) in [5.41, 5.74) is 1.20. The molecule has 0 saturated carbocycles. The molecule has 0 N–H and O–H groups in total. The number of aromatic nitrogens is 2. The fourth-order valence-electron chi connectivity index (χ4n) is 2.93. The molecule has 0 aliphatic carbocycles. The minimum absolute atomic E-state index is 0.0302. The van der Waals surface area contributed by atoms with Gasteiger partial charge in [-0.2, -0.15) is 0 Å². The summed E-state index contributed by atoms with van der Waals surface area (Å²) in [5, 5.41) is 0. The van der Waals surface area contributed by atoms with E-state index < -0.39 is 18.8 Å². The Morgan fingerprint density at radius 2 is 1.80 bits per heavy atom. The van der Waals surface area contributed by atoms with E-state index in [4.69, 9.17) is 7.48 Å². The Morgan fingerprint density at radius 3 is 2.50 bits per heavy atom. The molecular formula is C21H16F3N3O3. The van der Waals surface area contributed by atoms with Crippen LogP contribution >= 0.6 is 0 Å². The maximum Gasteiger partial charge on any atom is 0.573 e. The van der Waals surface area contributed by atoms with Crippen molar-refractivity contribution in [2.45, 2.75) is 12.9 Å². The van der Waals surface area contributed by atoms with Crippen molar-refractivity contribution in [1.29, 1.82) is 0 Å². The van der Waals surface area contributed by atoms with Gasteiger partial charge in [-0.25, -0.2) is 9.97 Å². The van der Waals surface area contributed by atoms with Crippen LogP contribution in [0.15, 0.2) is 60.9 Å². The maximum atomic E-state index is 13.3. The summed E-state index contributed by atoms with van der Waals surface area (Å²) in [6, 6.07) is 11.5. The standard InChI is InChI=1S/C21H16F3N3O3/c22-21(23,24)30-16-5-2-14(3-6-16)15-4-7-18-17(12-15)20(28)27(10-11-29-18)13-19-25-8-1-9-26-19/h1-9,12H,10-11,13H2/i13D2. The summed E-state index contributed by atoms with van der Waals surface area (Å²) in [5.74, 6) is -0.859. The fraction of sp³-hybridized carbons (Fsp3) is 0.190. The van der Waals surface area contributed by atoms with Gasteiger partial charge >= 0.3 is 6.36 Å². The molecule has 0 saturated heterocycles. The Morgan fingerprint density at radius 1 is 1.10 bits per heavy atom. The van der Waals surface area contributed by atoms with Crippen LogP contribution in [0.1, 0.15) is 18.9 Å². The van der Waals surface area contributed by atoms with Crippen LogP contribution in [0.5, 0.6) is 11.5 Å². The van der Waals surface area contributed by atoms with Crippen molar-refractivity contribution >= 4 is 5.91 Å². The molecule has 1 aliphatic rings. The number of ether oxygens (including phenoxy) is 2. The normalized spacial score (nSPS) is 15.4. The van der Waals surface area contributed by atoms with Crippen molar-refractivity contribution in [2.75, 3.05) is 13.2 Å². The van der Waals surface area contributed by atoms with Crippen LogP contribution in [0.25, 0.3) is 11.1 Å². The van der Waals surface area contributed by atoms with E-state index >= 15 is 0 Å². The largest absolute Gasteiger partial charge is 0.573 e. The van der Waals surface area contributed by atoms with Crippen molar-refractivity contribution in [2.24, 2.45) is 0 Å².